The lowest BCUT2D eigenvalue weighted by Gasteiger charge is -2.32. The van der Waals surface area contributed by atoms with E-state index in [1.165, 1.54) is 24.3 Å². The third-order valence-electron chi connectivity index (χ3n) is 3.29. The molecular formula is C13H19N3S. The Kier molecular flexibility index (Phi) is 4.55. The first-order chi connectivity index (χ1) is 8.31. The normalized spacial score (nSPS) is 21.3. The second kappa shape index (κ2) is 6.15. The summed E-state index contributed by atoms with van der Waals surface area (Å²) in [6.07, 6.45) is 2.56. The highest BCUT2D eigenvalue weighted by Crippen LogP contribution is 2.16. The van der Waals surface area contributed by atoms with Gasteiger partial charge < -0.3 is 10.2 Å². The Morgan fingerprint density at radius 1 is 1.59 bits per heavy atom. The van der Waals surface area contributed by atoms with E-state index in [-0.39, 0.29) is 0 Å². The van der Waals surface area contributed by atoms with Gasteiger partial charge in [-0.15, -0.1) is 11.3 Å². The number of hydrogen-bond donors (Lipinski definition) is 1. The van der Waals surface area contributed by atoms with Crippen LogP contribution in [0.15, 0.2) is 12.1 Å². The first kappa shape index (κ1) is 12.6. The molecule has 0 aliphatic carbocycles. The van der Waals surface area contributed by atoms with Crippen molar-refractivity contribution in [1.29, 1.82) is 5.26 Å². The van der Waals surface area contributed by atoms with Crippen LogP contribution in [-0.2, 0) is 6.54 Å². The summed E-state index contributed by atoms with van der Waals surface area (Å²) < 4.78 is 0. The van der Waals surface area contributed by atoms with E-state index >= 15 is 0 Å². The fraction of sp³-hybridized carbons (Fsp3) is 0.615. The van der Waals surface area contributed by atoms with Gasteiger partial charge in [-0.25, -0.2) is 0 Å². The topological polar surface area (TPSA) is 39.1 Å². The van der Waals surface area contributed by atoms with E-state index in [4.69, 9.17) is 5.26 Å². The molecule has 1 fully saturated rings. The second-order valence-corrected chi connectivity index (χ2v) is 5.66. The van der Waals surface area contributed by atoms with Crippen molar-refractivity contribution in [1.82, 2.24) is 10.2 Å². The van der Waals surface area contributed by atoms with Crippen LogP contribution < -0.4 is 5.32 Å². The van der Waals surface area contributed by atoms with E-state index in [0.29, 0.717) is 6.04 Å². The molecule has 2 heterocycles. The average molecular weight is 249 g/mol. The minimum absolute atomic E-state index is 0.608. The molecule has 17 heavy (non-hydrogen) atoms. The average Bonchev–Trinajstić information content (AvgIpc) is 2.84. The zero-order valence-corrected chi connectivity index (χ0v) is 11.1. The van der Waals surface area contributed by atoms with E-state index < -0.39 is 0 Å². The predicted octanol–water partition coefficient (Wildman–Crippen LogP) is 2.19. The summed E-state index contributed by atoms with van der Waals surface area (Å²) in [4.78, 5) is 4.56. The summed E-state index contributed by atoms with van der Waals surface area (Å²) in [7, 11) is 0. The molecule has 0 aromatic carbocycles. The van der Waals surface area contributed by atoms with E-state index in [0.717, 1.165) is 24.5 Å². The van der Waals surface area contributed by atoms with Gasteiger partial charge in [-0.2, -0.15) is 5.26 Å². The van der Waals surface area contributed by atoms with Crippen molar-refractivity contribution in [2.45, 2.75) is 32.4 Å². The molecule has 0 amide bonds. The molecular weight excluding hydrogens is 230 g/mol. The van der Waals surface area contributed by atoms with E-state index in [9.17, 15) is 0 Å². The van der Waals surface area contributed by atoms with Gasteiger partial charge in [0.15, 0.2) is 0 Å². The van der Waals surface area contributed by atoms with Crippen molar-refractivity contribution >= 4 is 11.3 Å². The number of likely N-dealkylation sites (N-methyl/N-ethyl adjacent to an activating group) is 1. The van der Waals surface area contributed by atoms with Crippen LogP contribution in [0, 0.1) is 11.3 Å². The largest absolute Gasteiger partial charge is 0.308 e. The SMILES string of the molecule is CCN1CCCC(NCc2ccc(C#N)s2)C1. The van der Waals surface area contributed by atoms with Crippen LogP contribution in [0.5, 0.6) is 0 Å². The molecule has 0 radical (unpaired) electrons. The van der Waals surface area contributed by atoms with E-state index in [1.807, 2.05) is 6.07 Å². The molecule has 1 aliphatic rings. The van der Waals surface area contributed by atoms with Gasteiger partial charge in [-0.1, -0.05) is 6.92 Å². The van der Waals surface area contributed by atoms with Crippen LogP contribution in [-0.4, -0.2) is 30.6 Å². The molecule has 1 aliphatic heterocycles. The highest BCUT2D eigenvalue weighted by molar-refractivity contribution is 7.12. The molecule has 1 unspecified atom stereocenters. The van der Waals surface area contributed by atoms with Gasteiger partial charge in [0, 0.05) is 24.0 Å². The summed E-state index contributed by atoms with van der Waals surface area (Å²) in [5, 5.41) is 12.4. The number of likely N-dealkylation sites (tertiary alicyclic amines) is 1. The first-order valence-electron chi connectivity index (χ1n) is 6.26. The standard InChI is InChI=1S/C13H19N3S/c1-2-16-7-3-4-11(10-16)15-9-13-6-5-12(8-14)17-13/h5-6,11,15H,2-4,7,9-10H2,1H3. The molecule has 1 N–H and O–H groups in total. The lowest BCUT2D eigenvalue weighted by molar-refractivity contribution is 0.198. The Morgan fingerprint density at radius 3 is 3.18 bits per heavy atom. The molecule has 1 aromatic heterocycles. The first-order valence-corrected chi connectivity index (χ1v) is 7.08. The molecule has 2 rings (SSSR count). The summed E-state index contributed by atoms with van der Waals surface area (Å²) in [5.74, 6) is 0. The maximum absolute atomic E-state index is 8.77. The van der Waals surface area contributed by atoms with Crippen molar-refractivity contribution in [3.8, 4) is 6.07 Å². The molecule has 1 aromatic rings. The summed E-state index contributed by atoms with van der Waals surface area (Å²) >= 11 is 1.59. The number of nitrogens with zero attached hydrogens (tertiary/aromatic N) is 2. The Labute approximate surface area is 107 Å². The smallest absolute Gasteiger partial charge is 0.110 e. The lowest BCUT2D eigenvalue weighted by Crippen LogP contribution is -2.45. The van der Waals surface area contributed by atoms with Crippen molar-refractivity contribution < 1.29 is 0 Å². The highest BCUT2D eigenvalue weighted by Gasteiger charge is 2.17. The minimum atomic E-state index is 0.608. The quantitative estimate of drug-likeness (QED) is 0.889. The number of thiophene rings is 1. The van der Waals surface area contributed by atoms with Crippen LogP contribution in [0.25, 0.3) is 0 Å². The van der Waals surface area contributed by atoms with Crippen LogP contribution in [0.1, 0.15) is 29.5 Å². The van der Waals surface area contributed by atoms with Gasteiger partial charge in [-0.3, -0.25) is 0 Å². The number of nitrogens with one attached hydrogen (secondary N) is 1. The predicted molar refractivity (Wildman–Crippen MR) is 71.0 cm³/mol. The zero-order valence-electron chi connectivity index (χ0n) is 10.3. The number of hydrogen-bond acceptors (Lipinski definition) is 4. The molecule has 1 saturated heterocycles. The van der Waals surface area contributed by atoms with Gasteiger partial charge >= 0.3 is 0 Å². The van der Waals surface area contributed by atoms with Crippen molar-refractivity contribution in [3.63, 3.8) is 0 Å². The van der Waals surface area contributed by atoms with Gasteiger partial charge in [0.05, 0.1) is 0 Å². The Morgan fingerprint density at radius 2 is 2.47 bits per heavy atom. The number of rotatable bonds is 4. The minimum Gasteiger partial charge on any atom is -0.308 e. The van der Waals surface area contributed by atoms with E-state index in [1.54, 1.807) is 11.3 Å². The molecule has 0 bridgehead atoms. The van der Waals surface area contributed by atoms with Crippen LogP contribution in [0.4, 0.5) is 0 Å². The Hall–Kier alpha value is -0.890. The molecule has 92 valence electrons. The third kappa shape index (κ3) is 3.53. The number of nitriles is 1. The van der Waals surface area contributed by atoms with Gasteiger partial charge in [0.25, 0.3) is 0 Å². The highest BCUT2D eigenvalue weighted by atomic mass is 32.1. The maximum Gasteiger partial charge on any atom is 0.110 e. The van der Waals surface area contributed by atoms with Gasteiger partial charge in [-0.05, 0) is 38.1 Å². The Balaban J connectivity index is 1.79. The third-order valence-corrected chi connectivity index (χ3v) is 4.28. The van der Waals surface area contributed by atoms with Crippen LogP contribution in [0.3, 0.4) is 0 Å². The summed E-state index contributed by atoms with van der Waals surface area (Å²) in [5.41, 5.74) is 0. The van der Waals surface area contributed by atoms with Crippen molar-refractivity contribution in [2.24, 2.45) is 0 Å². The van der Waals surface area contributed by atoms with Gasteiger partial charge in [0.2, 0.25) is 0 Å². The fourth-order valence-corrected chi connectivity index (χ4v) is 3.04. The fourth-order valence-electron chi connectivity index (χ4n) is 2.29. The summed E-state index contributed by atoms with van der Waals surface area (Å²) in [6.45, 7) is 6.67. The van der Waals surface area contributed by atoms with Crippen LogP contribution in [0.2, 0.25) is 0 Å². The van der Waals surface area contributed by atoms with Crippen molar-refractivity contribution in [2.75, 3.05) is 19.6 Å². The van der Waals surface area contributed by atoms with Crippen molar-refractivity contribution in [3.05, 3.63) is 21.9 Å². The summed E-state index contributed by atoms with van der Waals surface area (Å²) in [6, 6.07) is 6.75. The van der Waals surface area contributed by atoms with E-state index in [2.05, 4.69) is 29.3 Å². The van der Waals surface area contributed by atoms with Crippen LogP contribution >= 0.6 is 11.3 Å². The van der Waals surface area contributed by atoms with Gasteiger partial charge in [0.1, 0.15) is 10.9 Å². The lowest BCUT2D eigenvalue weighted by atomic mass is 10.1. The molecule has 1 atom stereocenters. The molecule has 3 nitrogen and oxygen atoms in total. The molecule has 4 heteroatoms. The molecule has 0 spiro atoms. The molecule has 0 saturated carbocycles. The second-order valence-electron chi connectivity index (χ2n) is 4.49. The zero-order chi connectivity index (χ0) is 12.1. The Bertz CT molecular complexity index is 394. The monoisotopic (exact) mass is 249 g/mol. The maximum atomic E-state index is 8.77. The number of piperidine rings is 1.